The number of hydrogen-bond donors (Lipinski definition) is 2. The van der Waals surface area contributed by atoms with Crippen LogP contribution in [-0.4, -0.2) is 16.5 Å². The van der Waals surface area contributed by atoms with Gasteiger partial charge in [-0.2, -0.15) is 5.26 Å². The van der Waals surface area contributed by atoms with Crippen molar-refractivity contribution in [3.05, 3.63) is 42.2 Å². The summed E-state index contributed by atoms with van der Waals surface area (Å²) < 4.78 is 0. The summed E-state index contributed by atoms with van der Waals surface area (Å²) in [6, 6.07) is 11.2. The summed E-state index contributed by atoms with van der Waals surface area (Å²) in [7, 11) is 0. The third kappa shape index (κ3) is 3.95. The van der Waals surface area contributed by atoms with Crippen LogP contribution in [0.25, 0.3) is 0 Å². The number of nitrogens with zero attached hydrogens (tertiary/aromatic N) is 3. The van der Waals surface area contributed by atoms with Crippen LogP contribution in [0, 0.1) is 17.2 Å². The molecule has 102 valence electrons. The molecule has 20 heavy (non-hydrogen) atoms. The summed E-state index contributed by atoms with van der Waals surface area (Å²) in [6.07, 6.45) is 1.52. The number of nitrogens with one attached hydrogen (secondary N) is 2. The Morgan fingerprint density at radius 2 is 1.85 bits per heavy atom. The fraction of sp³-hybridized carbons (Fsp3) is 0.267. The SMILES string of the molecule is CC(C)CNc1cc(Nc2ccc(C#N)cc2)ncn1. The molecule has 0 aliphatic rings. The molecule has 1 heterocycles. The minimum atomic E-state index is 0.555. The van der Waals surface area contributed by atoms with Crippen LogP contribution in [0.2, 0.25) is 0 Å². The van der Waals surface area contributed by atoms with E-state index in [4.69, 9.17) is 5.26 Å². The van der Waals surface area contributed by atoms with Crippen molar-refractivity contribution in [2.45, 2.75) is 13.8 Å². The van der Waals surface area contributed by atoms with E-state index in [-0.39, 0.29) is 0 Å². The Hall–Kier alpha value is -2.61. The Labute approximate surface area is 118 Å². The molecule has 0 unspecified atom stereocenters. The van der Waals surface area contributed by atoms with Gasteiger partial charge in [0, 0.05) is 18.3 Å². The third-order valence-electron chi connectivity index (χ3n) is 2.64. The summed E-state index contributed by atoms with van der Waals surface area (Å²) in [5.74, 6) is 2.07. The summed E-state index contributed by atoms with van der Waals surface area (Å²) in [4.78, 5) is 8.35. The number of rotatable bonds is 5. The van der Waals surface area contributed by atoms with E-state index < -0.39 is 0 Å². The Bertz CT molecular complexity index is 598. The van der Waals surface area contributed by atoms with Gasteiger partial charge in [-0.25, -0.2) is 9.97 Å². The molecule has 5 heteroatoms. The molecule has 2 rings (SSSR count). The highest BCUT2D eigenvalue weighted by molar-refractivity contribution is 5.59. The van der Waals surface area contributed by atoms with Gasteiger partial charge in [0.15, 0.2) is 0 Å². The van der Waals surface area contributed by atoms with Crippen molar-refractivity contribution in [1.82, 2.24) is 9.97 Å². The number of anilines is 3. The van der Waals surface area contributed by atoms with Crippen LogP contribution < -0.4 is 10.6 Å². The molecule has 0 radical (unpaired) electrons. The average Bonchev–Trinajstić information content (AvgIpc) is 2.46. The van der Waals surface area contributed by atoms with E-state index in [0.717, 1.165) is 23.9 Å². The van der Waals surface area contributed by atoms with Gasteiger partial charge in [-0.15, -0.1) is 0 Å². The molecule has 0 spiro atoms. The average molecular weight is 267 g/mol. The van der Waals surface area contributed by atoms with Crippen LogP contribution in [0.4, 0.5) is 17.3 Å². The zero-order chi connectivity index (χ0) is 14.4. The molecule has 0 fully saturated rings. The lowest BCUT2D eigenvalue weighted by Crippen LogP contribution is -2.09. The lowest BCUT2D eigenvalue weighted by Gasteiger charge is -2.10. The zero-order valence-corrected chi connectivity index (χ0v) is 11.6. The van der Waals surface area contributed by atoms with Crippen LogP contribution in [0.5, 0.6) is 0 Å². The van der Waals surface area contributed by atoms with E-state index in [1.807, 2.05) is 18.2 Å². The minimum absolute atomic E-state index is 0.555. The number of nitriles is 1. The lowest BCUT2D eigenvalue weighted by atomic mass is 10.2. The molecule has 1 aromatic carbocycles. The maximum Gasteiger partial charge on any atom is 0.135 e. The van der Waals surface area contributed by atoms with Gasteiger partial charge in [0.2, 0.25) is 0 Å². The Morgan fingerprint density at radius 3 is 2.50 bits per heavy atom. The van der Waals surface area contributed by atoms with Crippen molar-refractivity contribution in [1.29, 1.82) is 5.26 Å². The number of aromatic nitrogens is 2. The normalized spacial score (nSPS) is 10.1. The Morgan fingerprint density at radius 1 is 1.15 bits per heavy atom. The second kappa shape index (κ2) is 6.53. The van der Waals surface area contributed by atoms with Crippen molar-refractivity contribution in [3.63, 3.8) is 0 Å². The summed E-state index contributed by atoms with van der Waals surface area (Å²) in [5.41, 5.74) is 1.52. The van der Waals surface area contributed by atoms with E-state index in [1.54, 1.807) is 12.1 Å². The van der Waals surface area contributed by atoms with Crippen molar-refractivity contribution < 1.29 is 0 Å². The fourth-order valence-electron chi connectivity index (χ4n) is 1.61. The molecule has 2 aromatic rings. The maximum absolute atomic E-state index is 8.76. The molecule has 0 saturated carbocycles. The van der Waals surface area contributed by atoms with Gasteiger partial charge in [0.25, 0.3) is 0 Å². The van der Waals surface area contributed by atoms with Crippen molar-refractivity contribution in [3.8, 4) is 6.07 Å². The zero-order valence-electron chi connectivity index (χ0n) is 11.6. The molecule has 0 aliphatic carbocycles. The maximum atomic E-state index is 8.76. The van der Waals surface area contributed by atoms with E-state index in [0.29, 0.717) is 11.5 Å². The predicted octanol–water partition coefficient (Wildman–Crippen LogP) is 3.16. The summed E-state index contributed by atoms with van der Waals surface area (Å²) >= 11 is 0. The van der Waals surface area contributed by atoms with Gasteiger partial charge in [-0.05, 0) is 30.2 Å². The molecule has 0 atom stereocenters. The minimum Gasteiger partial charge on any atom is -0.370 e. The molecule has 0 amide bonds. The molecule has 0 saturated heterocycles. The molecular formula is C15H17N5. The van der Waals surface area contributed by atoms with E-state index >= 15 is 0 Å². The van der Waals surface area contributed by atoms with Gasteiger partial charge in [-0.1, -0.05) is 13.8 Å². The third-order valence-corrected chi connectivity index (χ3v) is 2.64. The van der Waals surface area contributed by atoms with Gasteiger partial charge >= 0.3 is 0 Å². The first-order valence-corrected chi connectivity index (χ1v) is 6.50. The fourth-order valence-corrected chi connectivity index (χ4v) is 1.61. The number of hydrogen-bond acceptors (Lipinski definition) is 5. The van der Waals surface area contributed by atoms with Crippen LogP contribution in [0.15, 0.2) is 36.7 Å². The second-order valence-corrected chi connectivity index (χ2v) is 4.88. The van der Waals surface area contributed by atoms with Crippen molar-refractivity contribution in [2.24, 2.45) is 5.92 Å². The molecule has 2 N–H and O–H groups in total. The van der Waals surface area contributed by atoms with Crippen LogP contribution >= 0.6 is 0 Å². The Balaban J connectivity index is 2.05. The topological polar surface area (TPSA) is 73.6 Å². The molecular weight excluding hydrogens is 250 g/mol. The molecule has 0 aliphatic heterocycles. The highest BCUT2D eigenvalue weighted by Gasteiger charge is 2.01. The Kier molecular flexibility index (Phi) is 4.51. The molecule has 5 nitrogen and oxygen atoms in total. The van der Waals surface area contributed by atoms with Gasteiger partial charge in [0.1, 0.15) is 18.0 Å². The van der Waals surface area contributed by atoms with Gasteiger partial charge < -0.3 is 10.6 Å². The quantitative estimate of drug-likeness (QED) is 0.870. The summed E-state index contributed by atoms with van der Waals surface area (Å²) in [5, 5.41) is 15.2. The van der Waals surface area contributed by atoms with Crippen LogP contribution in [0.3, 0.4) is 0 Å². The van der Waals surface area contributed by atoms with E-state index in [1.165, 1.54) is 6.33 Å². The molecule has 0 bridgehead atoms. The van der Waals surface area contributed by atoms with Crippen molar-refractivity contribution >= 4 is 17.3 Å². The highest BCUT2D eigenvalue weighted by atomic mass is 15.1. The number of benzene rings is 1. The smallest absolute Gasteiger partial charge is 0.135 e. The van der Waals surface area contributed by atoms with Gasteiger partial charge in [-0.3, -0.25) is 0 Å². The summed E-state index contributed by atoms with van der Waals surface area (Å²) in [6.45, 7) is 5.15. The first-order chi connectivity index (χ1) is 9.67. The van der Waals surface area contributed by atoms with E-state index in [2.05, 4.69) is 40.5 Å². The molecule has 1 aromatic heterocycles. The van der Waals surface area contributed by atoms with Crippen LogP contribution in [0.1, 0.15) is 19.4 Å². The van der Waals surface area contributed by atoms with E-state index in [9.17, 15) is 0 Å². The van der Waals surface area contributed by atoms with Crippen LogP contribution in [-0.2, 0) is 0 Å². The first-order valence-electron chi connectivity index (χ1n) is 6.50. The monoisotopic (exact) mass is 267 g/mol. The standard InChI is InChI=1S/C15H17N5/c1-11(2)9-17-14-7-15(19-10-18-14)20-13-5-3-12(8-16)4-6-13/h3-7,10-11H,9H2,1-2H3,(H2,17,18,19,20). The predicted molar refractivity (Wildman–Crippen MR) is 79.8 cm³/mol. The first kappa shape index (κ1) is 13.8. The highest BCUT2D eigenvalue weighted by Crippen LogP contribution is 2.16. The van der Waals surface area contributed by atoms with Crippen molar-refractivity contribution in [2.75, 3.05) is 17.2 Å². The lowest BCUT2D eigenvalue weighted by molar-refractivity contribution is 0.687. The largest absolute Gasteiger partial charge is 0.370 e. The van der Waals surface area contributed by atoms with Gasteiger partial charge in [0.05, 0.1) is 11.6 Å². The second-order valence-electron chi connectivity index (χ2n) is 4.88.